The summed E-state index contributed by atoms with van der Waals surface area (Å²) in [5.74, 6) is -0.780. The molecule has 1 fully saturated rings. The largest absolute Gasteiger partial charge is 0.463 e. The maximum absolute atomic E-state index is 13.3. The first-order valence-electron chi connectivity index (χ1n) is 6.26. The van der Waals surface area contributed by atoms with Crippen molar-refractivity contribution in [1.82, 2.24) is 0 Å². The van der Waals surface area contributed by atoms with E-state index in [9.17, 15) is 9.18 Å². The van der Waals surface area contributed by atoms with Crippen LogP contribution in [0, 0.1) is 5.82 Å². The number of esters is 1. The van der Waals surface area contributed by atoms with Crippen LogP contribution in [0.2, 0.25) is 0 Å². The highest BCUT2D eigenvalue weighted by Crippen LogP contribution is 2.13. The number of hydrogen-bond acceptors (Lipinski definition) is 3. The van der Waals surface area contributed by atoms with E-state index >= 15 is 0 Å². The summed E-state index contributed by atoms with van der Waals surface area (Å²) in [6.07, 6.45) is 3.07. The van der Waals surface area contributed by atoms with Crippen LogP contribution in [-0.2, 0) is 20.7 Å². The van der Waals surface area contributed by atoms with E-state index in [1.54, 1.807) is 18.2 Å². The number of benzene rings is 1. The van der Waals surface area contributed by atoms with Gasteiger partial charge in [-0.25, -0.2) is 4.39 Å². The zero-order chi connectivity index (χ0) is 12.8. The van der Waals surface area contributed by atoms with Gasteiger partial charge in [-0.1, -0.05) is 18.2 Å². The van der Waals surface area contributed by atoms with Crippen molar-refractivity contribution in [2.45, 2.75) is 31.8 Å². The molecule has 2 rings (SSSR count). The Morgan fingerprint density at radius 1 is 1.39 bits per heavy atom. The number of carbonyl (C=O) groups is 1. The molecule has 1 atom stereocenters. The molecule has 0 bridgehead atoms. The van der Waals surface area contributed by atoms with Gasteiger partial charge in [-0.15, -0.1) is 0 Å². The van der Waals surface area contributed by atoms with E-state index in [1.807, 2.05) is 0 Å². The van der Waals surface area contributed by atoms with Crippen LogP contribution in [0.5, 0.6) is 0 Å². The summed E-state index contributed by atoms with van der Waals surface area (Å²) in [5.41, 5.74) is 0.368. The number of hydrogen-bond donors (Lipinski definition) is 0. The van der Waals surface area contributed by atoms with E-state index in [-0.39, 0.29) is 24.9 Å². The smallest absolute Gasteiger partial charge is 0.310 e. The minimum Gasteiger partial charge on any atom is -0.463 e. The molecule has 0 amide bonds. The third-order valence-electron chi connectivity index (χ3n) is 3.00. The quantitative estimate of drug-likeness (QED) is 0.772. The molecule has 4 heteroatoms. The molecule has 0 saturated carbocycles. The second kappa shape index (κ2) is 6.50. The Kier molecular flexibility index (Phi) is 4.70. The Bertz CT molecular complexity index is 400. The van der Waals surface area contributed by atoms with Gasteiger partial charge in [-0.3, -0.25) is 4.79 Å². The molecule has 1 saturated heterocycles. The molecule has 0 spiro atoms. The van der Waals surface area contributed by atoms with Crippen LogP contribution in [0.15, 0.2) is 24.3 Å². The van der Waals surface area contributed by atoms with Gasteiger partial charge in [0.05, 0.1) is 12.5 Å². The van der Waals surface area contributed by atoms with Crippen LogP contribution in [0.25, 0.3) is 0 Å². The zero-order valence-electron chi connectivity index (χ0n) is 10.2. The van der Waals surface area contributed by atoms with Gasteiger partial charge in [0.1, 0.15) is 12.4 Å². The van der Waals surface area contributed by atoms with Crippen LogP contribution in [0.4, 0.5) is 4.39 Å². The van der Waals surface area contributed by atoms with Crippen LogP contribution >= 0.6 is 0 Å². The molecule has 0 N–H and O–H groups in total. The normalized spacial score (nSPS) is 19.5. The lowest BCUT2D eigenvalue weighted by molar-refractivity contribution is -0.148. The van der Waals surface area contributed by atoms with Gasteiger partial charge < -0.3 is 9.47 Å². The van der Waals surface area contributed by atoms with E-state index in [1.165, 1.54) is 6.07 Å². The fourth-order valence-corrected chi connectivity index (χ4v) is 1.97. The summed E-state index contributed by atoms with van der Waals surface area (Å²) in [5, 5.41) is 0. The molecule has 1 unspecified atom stereocenters. The lowest BCUT2D eigenvalue weighted by Crippen LogP contribution is -2.26. The minimum atomic E-state index is -0.408. The number of carbonyl (C=O) groups excluding carboxylic acids is 1. The summed E-state index contributed by atoms with van der Waals surface area (Å²) in [7, 11) is 0. The third kappa shape index (κ3) is 3.81. The average Bonchev–Trinajstić information content (AvgIpc) is 2.40. The molecule has 1 aromatic rings. The fourth-order valence-electron chi connectivity index (χ4n) is 1.97. The first-order valence-corrected chi connectivity index (χ1v) is 6.26. The number of ether oxygens (including phenoxy) is 2. The van der Waals surface area contributed by atoms with Crippen molar-refractivity contribution in [1.29, 1.82) is 0 Å². The van der Waals surface area contributed by atoms with Crippen LogP contribution < -0.4 is 0 Å². The Morgan fingerprint density at radius 3 is 2.94 bits per heavy atom. The Labute approximate surface area is 106 Å². The molecule has 0 radical (unpaired) electrons. The van der Waals surface area contributed by atoms with Crippen molar-refractivity contribution in [3.63, 3.8) is 0 Å². The highest BCUT2D eigenvalue weighted by Gasteiger charge is 2.16. The lowest BCUT2D eigenvalue weighted by atomic mass is 10.1. The first-order chi connectivity index (χ1) is 8.75. The van der Waals surface area contributed by atoms with Crippen molar-refractivity contribution in [2.75, 3.05) is 13.2 Å². The van der Waals surface area contributed by atoms with Gasteiger partial charge in [-0.05, 0) is 30.9 Å². The van der Waals surface area contributed by atoms with E-state index in [0.717, 1.165) is 25.9 Å². The molecule has 18 heavy (non-hydrogen) atoms. The third-order valence-corrected chi connectivity index (χ3v) is 3.00. The molecule has 0 aromatic heterocycles. The van der Waals surface area contributed by atoms with E-state index in [2.05, 4.69) is 0 Å². The van der Waals surface area contributed by atoms with Crippen molar-refractivity contribution < 1.29 is 18.7 Å². The maximum atomic E-state index is 13.3. The summed E-state index contributed by atoms with van der Waals surface area (Å²) in [4.78, 5) is 11.6. The average molecular weight is 252 g/mol. The molecule has 98 valence electrons. The topological polar surface area (TPSA) is 35.5 Å². The van der Waals surface area contributed by atoms with Crippen LogP contribution in [0.1, 0.15) is 24.8 Å². The summed E-state index contributed by atoms with van der Waals surface area (Å²) < 4.78 is 23.9. The Balaban J connectivity index is 1.76. The second-order valence-electron chi connectivity index (χ2n) is 4.44. The highest BCUT2D eigenvalue weighted by atomic mass is 19.1. The molecule has 1 aliphatic heterocycles. The summed E-state index contributed by atoms with van der Waals surface area (Å²) in [6, 6.07) is 6.23. The Morgan fingerprint density at radius 2 is 2.22 bits per heavy atom. The lowest BCUT2D eigenvalue weighted by Gasteiger charge is -2.22. The number of rotatable bonds is 4. The van der Waals surface area contributed by atoms with E-state index in [4.69, 9.17) is 9.47 Å². The summed E-state index contributed by atoms with van der Waals surface area (Å²) >= 11 is 0. The molecule has 3 nitrogen and oxygen atoms in total. The Hall–Kier alpha value is -1.42. The van der Waals surface area contributed by atoms with Gasteiger partial charge >= 0.3 is 5.97 Å². The molecular weight excluding hydrogens is 235 g/mol. The van der Waals surface area contributed by atoms with Crippen LogP contribution in [-0.4, -0.2) is 25.3 Å². The van der Waals surface area contributed by atoms with Crippen molar-refractivity contribution in [3.05, 3.63) is 35.6 Å². The molecule has 1 aliphatic rings. The second-order valence-corrected chi connectivity index (χ2v) is 4.44. The fraction of sp³-hybridized carbons (Fsp3) is 0.500. The van der Waals surface area contributed by atoms with Crippen molar-refractivity contribution >= 4 is 5.97 Å². The van der Waals surface area contributed by atoms with Gasteiger partial charge in [0.2, 0.25) is 0 Å². The maximum Gasteiger partial charge on any atom is 0.310 e. The molecule has 1 aromatic carbocycles. The molecule has 0 aliphatic carbocycles. The van der Waals surface area contributed by atoms with E-state index in [0.29, 0.717) is 5.56 Å². The van der Waals surface area contributed by atoms with Crippen LogP contribution in [0.3, 0.4) is 0 Å². The predicted octanol–water partition coefficient (Wildman–Crippen LogP) is 2.48. The first kappa shape index (κ1) is 13.0. The highest BCUT2D eigenvalue weighted by molar-refractivity contribution is 5.72. The number of halogens is 1. The zero-order valence-corrected chi connectivity index (χ0v) is 10.2. The molecule has 1 heterocycles. The van der Waals surface area contributed by atoms with Gasteiger partial charge in [0.25, 0.3) is 0 Å². The minimum absolute atomic E-state index is 0.00307. The standard InChI is InChI=1S/C14H17FO3/c15-13-7-2-1-5-11(13)9-14(16)18-10-12-6-3-4-8-17-12/h1-2,5,7,12H,3-4,6,8-10H2. The van der Waals surface area contributed by atoms with Gasteiger partial charge in [0, 0.05) is 6.61 Å². The van der Waals surface area contributed by atoms with E-state index < -0.39 is 5.97 Å². The van der Waals surface area contributed by atoms with Gasteiger partial charge in [-0.2, -0.15) is 0 Å². The SMILES string of the molecule is O=C(Cc1ccccc1F)OCC1CCCCO1. The van der Waals surface area contributed by atoms with Crippen molar-refractivity contribution in [3.8, 4) is 0 Å². The predicted molar refractivity (Wildman–Crippen MR) is 64.7 cm³/mol. The summed E-state index contributed by atoms with van der Waals surface area (Å²) in [6.45, 7) is 1.00. The monoisotopic (exact) mass is 252 g/mol. The molecular formula is C14H17FO3. The van der Waals surface area contributed by atoms with Crippen molar-refractivity contribution in [2.24, 2.45) is 0 Å². The van der Waals surface area contributed by atoms with Gasteiger partial charge in [0.15, 0.2) is 0 Å².